The number of rotatable bonds is 14. The lowest BCUT2D eigenvalue weighted by molar-refractivity contribution is 0.723. The Morgan fingerprint density at radius 1 is 0.405 bits per heavy atom. The van der Waals surface area contributed by atoms with E-state index >= 15 is 0 Å². The van der Waals surface area contributed by atoms with Crippen molar-refractivity contribution >= 4 is 55.7 Å². The minimum Gasteiger partial charge on any atom is -0.310 e. The average molecular weight is 1040 g/mol. The van der Waals surface area contributed by atoms with Crippen molar-refractivity contribution in [2.45, 2.75) is 130 Å². The van der Waals surface area contributed by atoms with E-state index in [-0.39, 0.29) is 0 Å². The fourth-order valence-corrected chi connectivity index (χ4v) is 12.2. The van der Waals surface area contributed by atoms with E-state index in [1.807, 2.05) is 19.9 Å². The summed E-state index contributed by atoms with van der Waals surface area (Å²) in [5.74, 6) is 2.88. The van der Waals surface area contributed by atoms with E-state index in [9.17, 15) is 0 Å². The second-order valence-corrected chi connectivity index (χ2v) is 22.8. The highest BCUT2D eigenvalue weighted by molar-refractivity contribution is 6.22. The number of benzene rings is 9. The smallest absolute Gasteiger partial charge is 0.0468 e. The molecule has 9 aromatic carbocycles. The Morgan fingerprint density at radius 3 is 1.00 bits per heavy atom. The third-order valence-corrected chi connectivity index (χ3v) is 16.6. The molecule has 2 heteroatoms. The van der Waals surface area contributed by atoms with Gasteiger partial charge < -0.3 is 9.80 Å². The Balaban J connectivity index is 0.000000628. The molecule has 0 N–H and O–H groups in total. The minimum atomic E-state index is 0.460. The van der Waals surface area contributed by atoms with E-state index in [1.54, 1.807) is 6.08 Å². The lowest BCUT2D eigenvalue weighted by Crippen LogP contribution is -2.11. The molecule has 0 aliphatic heterocycles. The third-order valence-electron chi connectivity index (χ3n) is 16.6. The molecule has 2 aliphatic rings. The zero-order valence-electron chi connectivity index (χ0n) is 48.6. The largest absolute Gasteiger partial charge is 0.310 e. The molecule has 402 valence electrons. The number of hydrogen-bond acceptors (Lipinski definition) is 2. The van der Waals surface area contributed by atoms with Gasteiger partial charge in [0, 0.05) is 34.1 Å². The monoisotopic (exact) mass is 1040 g/mol. The van der Waals surface area contributed by atoms with E-state index in [0.717, 1.165) is 22.7 Å². The van der Waals surface area contributed by atoms with Crippen molar-refractivity contribution < 1.29 is 0 Å². The summed E-state index contributed by atoms with van der Waals surface area (Å²) in [5, 5.41) is 4.96. The van der Waals surface area contributed by atoms with Crippen molar-refractivity contribution in [3.05, 3.63) is 253 Å². The maximum absolute atomic E-state index is 3.68. The molecule has 0 radical (unpaired) electrons. The highest BCUT2D eigenvalue weighted by Gasteiger charge is 2.24. The van der Waals surface area contributed by atoms with Crippen molar-refractivity contribution in [1.82, 2.24) is 0 Å². The fraction of sp³-hybridized carbons (Fsp3) is 0.273. The van der Waals surface area contributed by atoms with E-state index in [4.69, 9.17) is 0 Å². The van der Waals surface area contributed by atoms with Crippen LogP contribution in [0.15, 0.2) is 231 Å². The first-order valence-corrected chi connectivity index (χ1v) is 29.5. The van der Waals surface area contributed by atoms with Crippen LogP contribution < -0.4 is 9.80 Å². The van der Waals surface area contributed by atoms with E-state index < -0.39 is 0 Å². The van der Waals surface area contributed by atoms with Crippen LogP contribution in [0.5, 0.6) is 0 Å². The van der Waals surface area contributed by atoms with Gasteiger partial charge in [-0.2, -0.15) is 0 Å². The molecule has 0 heterocycles. The second kappa shape index (κ2) is 26.3. The fourth-order valence-electron chi connectivity index (χ4n) is 12.2. The van der Waals surface area contributed by atoms with Crippen LogP contribution in [-0.4, -0.2) is 0 Å². The molecule has 0 spiro atoms. The summed E-state index contributed by atoms with van der Waals surface area (Å²) >= 11 is 0. The number of hydrogen-bond donors (Lipinski definition) is 0. The van der Waals surface area contributed by atoms with Crippen molar-refractivity contribution in [2.75, 3.05) is 9.80 Å². The van der Waals surface area contributed by atoms with Crippen molar-refractivity contribution in [2.24, 2.45) is 5.92 Å². The summed E-state index contributed by atoms with van der Waals surface area (Å²) in [7, 11) is 0. The van der Waals surface area contributed by atoms with E-state index in [2.05, 4.69) is 265 Å². The Kier molecular flexibility index (Phi) is 18.7. The maximum Gasteiger partial charge on any atom is 0.0468 e. The summed E-state index contributed by atoms with van der Waals surface area (Å²) in [5.41, 5.74) is 18.9. The van der Waals surface area contributed by atoms with Gasteiger partial charge in [-0.25, -0.2) is 0 Å². The van der Waals surface area contributed by atoms with Crippen LogP contribution in [0.3, 0.4) is 0 Å². The van der Waals surface area contributed by atoms with Crippen LogP contribution in [0.1, 0.15) is 153 Å². The van der Waals surface area contributed by atoms with E-state index in [1.165, 1.54) is 134 Å². The van der Waals surface area contributed by atoms with Crippen molar-refractivity contribution in [1.29, 1.82) is 0 Å². The Morgan fingerprint density at radius 2 is 0.722 bits per heavy atom. The molecular formula is C77H84N2. The summed E-state index contributed by atoms with van der Waals surface area (Å²) in [6.07, 6.45) is 16.3. The highest BCUT2D eigenvalue weighted by Crippen LogP contribution is 2.49. The van der Waals surface area contributed by atoms with Gasteiger partial charge in [0.2, 0.25) is 0 Å². The van der Waals surface area contributed by atoms with Gasteiger partial charge in [0.05, 0.1) is 0 Å². The number of anilines is 6. The molecule has 0 bridgehead atoms. The highest BCUT2D eigenvalue weighted by atomic mass is 15.1. The first-order valence-electron chi connectivity index (χ1n) is 29.5. The molecule has 2 nitrogen and oxygen atoms in total. The van der Waals surface area contributed by atoms with Crippen LogP contribution >= 0.6 is 0 Å². The van der Waals surface area contributed by atoms with Gasteiger partial charge in [-0.1, -0.05) is 219 Å². The Hall–Kier alpha value is -7.68. The average Bonchev–Trinajstić information content (AvgIpc) is 4.25. The van der Waals surface area contributed by atoms with Gasteiger partial charge in [-0.15, -0.1) is 6.58 Å². The quantitative estimate of drug-likeness (QED) is 0.0608. The number of allylic oxidation sites excluding steroid dienone is 4. The lowest BCUT2D eigenvalue weighted by Gasteiger charge is -2.29. The molecule has 0 saturated heterocycles. The van der Waals surface area contributed by atoms with Crippen molar-refractivity contribution in [3.8, 4) is 22.3 Å². The normalized spacial score (nSPS) is 13.8. The van der Waals surface area contributed by atoms with Gasteiger partial charge in [0.1, 0.15) is 0 Å². The third kappa shape index (κ3) is 12.8. The predicted octanol–water partition coefficient (Wildman–Crippen LogP) is 23.8. The van der Waals surface area contributed by atoms with E-state index in [0.29, 0.717) is 29.6 Å². The topological polar surface area (TPSA) is 6.48 Å². The van der Waals surface area contributed by atoms with Gasteiger partial charge >= 0.3 is 0 Å². The lowest BCUT2D eigenvalue weighted by atomic mass is 9.85. The van der Waals surface area contributed by atoms with Crippen LogP contribution in [0.4, 0.5) is 34.1 Å². The van der Waals surface area contributed by atoms with Crippen LogP contribution in [0, 0.1) is 5.92 Å². The molecule has 0 amide bonds. The standard InChI is InChI=1S/C66H64N2.C8H14.C3H6/c1-45(2)47-23-31-55(32-24-47)67(57-35-27-51(28-36-57)49-15-11-12-16-49)59-39-41-61-63(43-59)65(53-19-7-5-8-20-53)62-42-40-60(44-64(62)66(61)54-21-9-6-10-22-54)68(56-33-25-48(26-34-56)46(3)4)58-37-29-52(30-38-58)50-17-13-14-18-50;1-5-8(6-2)7(3)4;1-3-2/h5-10,19-46,49-50H,11-18H2,1-4H3;5-7H,1H2,2-4H3;3H,1H2,2H3/b;8-6+;. The van der Waals surface area contributed by atoms with Crippen LogP contribution in [0.2, 0.25) is 0 Å². The van der Waals surface area contributed by atoms with Crippen molar-refractivity contribution in [3.63, 3.8) is 0 Å². The molecule has 79 heavy (non-hydrogen) atoms. The molecule has 0 aromatic heterocycles. The molecule has 0 unspecified atom stereocenters. The van der Waals surface area contributed by atoms with Gasteiger partial charge in [0.25, 0.3) is 0 Å². The molecule has 2 saturated carbocycles. The van der Waals surface area contributed by atoms with Gasteiger partial charge in [0.15, 0.2) is 0 Å². The van der Waals surface area contributed by atoms with Crippen LogP contribution in [0.25, 0.3) is 43.8 Å². The summed E-state index contributed by atoms with van der Waals surface area (Å²) in [4.78, 5) is 4.93. The predicted molar refractivity (Wildman–Crippen MR) is 347 cm³/mol. The minimum absolute atomic E-state index is 0.460. The Bertz CT molecular complexity index is 3220. The van der Waals surface area contributed by atoms with Crippen LogP contribution in [-0.2, 0) is 0 Å². The summed E-state index contributed by atoms with van der Waals surface area (Å²) < 4.78 is 0. The molecule has 2 aliphatic carbocycles. The summed E-state index contributed by atoms with van der Waals surface area (Å²) in [6.45, 7) is 24.4. The second-order valence-electron chi connectivity index (χ2n) is 22.8. The molecule has 0 atom stereocenters. The number of nitrogens with zero attached hydrogens (tertiary/aromatic N) is 2. The molecule has 2 fully saturated rings. The number of fused-ring (bicyclic) bond motifs is 2. The maximum atomic E-state index is 3.68. The zero-order valence-corrected chi connectivity index (χ0v) is 48.6. The molecular weight excluding hydrogens is 953 g/mol. The van der Waals surface area contributed by atoms with Gasteiger partial charge in [-0.3, -0.25) is 0 Å². The molecule has 11 rings (SSSR count). The Labute approximate surface area is 474 Å². The SMILES string of the molecule is C=C/C(=C\C)C(C)C.C=CC.CC(C)c1ccc(N(c2ccc(C3CCCC3)cc2)c2ccc3c(-c4ccccc4)c4cc(N(c5ccc(C(C)C)cc5)c5ccc(C6CCCC6)cc5)ccc4c(-c4ccccc4)c3c2)cc1. The first kappa shape index (κ1) is 56.1. The van der Waals surface area contributed by atoms with Gasteiger partial charge in [-0.05, 0) is 208 Å². The zero-order chi connectivity index (χ0) is 55.4. The first-order chi connectivity index (χ1) is 38.5. The summed E-state index contributed by atoms with van der Waals surface area (Å²) in [6, 6.07) is 74.0. The molecule has 9 aromatic rings.